The van der Waals surface area contributed by atoms with Gasteiger partial charge in [0.15, 0.2) is 0 Å². The molecule has 1 saturated heterocycles. The molecule has 1 aliphatic carbocycles. The molecule has 0 amide bonds. The fourth-order valence-corrected chi connectivity index (χ4v) is 3.22. The molecule has 2 unspecified atom stereocenters. The number of Topliss-reactive ketones (excluding diaryl/α,β-unsaturated/α-hetero) is 1. The second-order valence-corrected chi connectivity index (χ2v) is 5.05. The summed E-state index contributed by atoms with van der Waals surface area (Å²) in [4.78, 5) is 14.3. The summed E-state index contributed by atoms with van der Waals surface area (Å²) in [6.07, 6.45) is 9.59. The summed E-state index contributed by atoms with van der Waals surface area (Å²) >= 11 is 0. The SMILES string of the molecule is CCCC1CCCCN1C1CCCC1=O. The second kappa shape index (κ2) is 5.11. The number of rotatable bonds is 3. The van der Waals surface area contributed by atoms with Crippen molar-refractivity contribution >= 4 is 5.78 Å². The van der Waals surface area contributed by atoms with Crippen molar-refractivity contribution in [3.05, 3.63) is 0 Å². The van der Waals surface area contributed by atoms with Crippen LogP contribution in [0.3, 0.4) is 0 Å². The van der Waals surface area contributed by atoms with Gasteiger partial charge in [-0.05, 0) is 38.6 Å². The van der Waals surface area contributed by atoms with Crippen molar-refractivity contribution < 1.29 is 4.79 Å². The highest BCUT2D eigenvalue weighted by Crippen LogP contribution is 2.29. The van der Waals surface area contributed by atoms with E-state index in [0.717, 1.165) is 19.3 Å². The van der Waals surface area contributed by atoms with Crippen LogP contribution in [-0.2, 0) is 4.79 Å². The molecule has 0 aromatic rings. The maximum atomic E-state index is 11.8. The Hall–Kier alpha value is -0.370. The van der Waals surface area contributed by atoms with Gasteiger partial charge in [-0.15, -0.1) is 0 Å². The highest BCUT2D eigenvalue weighted by molar-refractivity contribution is 5.85. The van der Waals surface area contributed by atoms with Gasteiger partial charge in [-0.3, -0.25) is 9.69 Å². The molecule has 2 nitrogen and oxygen atoms in total. The predicted octanol–water partition coefficient (Wildman–Crippen LogP) is 2.76. The third-order valence-corrected chi connectivity index (χ3v) is 3.97. The van der Waals surface area contributed by atoms with Gasteiger partial charge in [-0.1, -0.05) is 19.8 Å². The molecule has 15 heavy (non-hydrogen) atoms. The number of carbonyl (C=O) groups excluding carboxylic acids is 1. The lowest BCUT2D eigenvalue weighted by atomic mass is 9.95. The maximum absolute atomic E-state index is 11.8. The first-order valence-electron chi connectivity index (χ1n) is 6.61. The van der Waals surface area contributed by atoms with E-state index in [0.29, 0.717) is 17.9 Å². The van der Waals surface area contributed by atoms with Crippen LogP contribution in [0.2, 0.25) is 0 Å². The number of piperidine rings is 1. The van der Waals surface area contributed by atoms with Crippen molar-refractivity contribution in [3.8, 4) is 0 Å². The van der Waals surface area contributed by atoms with E-state index >= 15 is 0 Å². The van der Waals surface area contributed by atoms with Crippen LogP contribution >= 0.6 is 0 Å². The summed E-state index contributed by atoms with van der Waals surface area (Å²) in [6.45, 7) is 3.42. The van der Waals surface area contributed by atoms with Gasteiger partial charge < -0.3 is 0 Å². The standard InChI is InChI=1S/C13H23NO/c1-2-6-11-7-3-4-10-14(11)12-8-5-9-13(12)15/h11-12H,2-10H2,1H3. The van der Waals surface area contributed by atoms with E-state index in [9.17, 15) is 4.79 Å². The van der Waals surface area contributed by atoms with Crippen molar-refractivity contribution in [2.45, 2.75) is 70.4 Å². The van der Waals surface area contributed by atoms with Gasteiger partial charge in [0.25, 0.3) is 0 Å². The monoisotopic (exact) mass is 209 g/mol. The molecule has 0 N–H and O–H groups in total. The van der Waals surface area contributed by atoms with Crippen LogP contribution in [0.1, 0.15) is 58.3 Å². The molecule has 1 heterocycles. The first kappa shape index (κ1) is 11.1. The Balaban J connectivity index is 2.00. The van der Waals surface area contributed by atoms with Gasteiger partial charge >= 0.3 is 0 Å². The summed E-state index contributed by atoms with van der Waals surface area (Å²) in [6, 6.07) is 0.998. The largest absolute Gasteiger partial charge is 0.298 e. The summed E-state index contributed by atoms with van der Waals surface area (Å²) in [5.41, 5.74) is 0. The first-order chi connectivity index (χ1) is 7.33. The molecule has 0 radical (unpaired) electrons. The summed E-state index contributed by atoms with van der Waals surface area (Å²) in [5.74, 6) is 0.512. The van der Waals surface area contributed by atoms with E-state index in [4.69, 9.17) is 0 Å². The lowest BCUT2D eigenvalue weighted by Crippen LogP contribution is -2.47. The smallest absolute Gasteiger partial charge is 0.149 e. The third kappa shape index (κ3) is 2.41. The van der Waals surface area contributed by atoms with Gasteiger partial charge in [-0.2, -0.15) is 0 Å². The Morgan fingerprint density at radius 2 is 2.13 bits per heavy atom. The van der Waals surface area contributed by atoms with Crippen molar-refractivity contribution in [3.63, 3.8) is 0 Å². The molecular weight excluding hydrogens is 186 g/mol. The Bertz CT molecular complexity index is 225. The minimum absolute atomic E-state index is 0.293. The second-order valence-electron chi connectivity index (χ2n) is 5.05. The third-order valence-electron chi connectivity index (χ3n) is 3.97. The normalized spacial score (nSPS) is 33.5. The molecule has 0 aromatic carbocycles. The molecule has 2 rings (SSSR count). The van der Waals surface area contributed by atoms with Gasteiger partial charge in [0.2, 0.25) is 0 Å². The molecule has 2 heteroatoms. The zero-order valence-corrected chi connectivity index (χ0v) is 9.87. The van der Waals surface area contributed by atoms with Crippen LogP contribution in [0.15, 0.2) is 0 Å². The molecule has 2 aliphatic rings. The molecule has 86 valence electrons. The average Bonchev–Trinajstić information content (AvgIpc) is 2.66. The molecule has 1 aliphatic heterocycles. The van der Waals surface area contributed by atoms with Crippen LogP contribution in [0, 0.1) is 0 Å². The van der Waals surface area contributed by atoms with Crippen LogP contribution in [0.4, 0.5) is 0 Å². The first-order valence-corrected chi connectivity index (χ1v) is 6.61. The fraction of sp³-hybridized carbons (Fsp3) is 0.923. The molecule has 2 atom stereocenters. The number of carbonyl (C=O) groups is 1. The van der Waals surface area contributed by atoms with Crippen molar-refractivity contribution in [2.24, 2.45) is 0 Å². The van der Waals surface area contributed by atoms with Gasteiger partial charge in [0.05, 0.1) is 6.04 Å². The number of likely N-dealkylation sites (tertiary alicyclic amines) is 1. The van der Waals surface area contributed by atoms with E-state index in [2.05, 4.69) is 11.8 Å². The predicted molar refractivity (Wildman–Crippen MR) is 61.9 cm³/mol. The van der Waals surface area contributed by atoms with Crippen molar-refractivity contribution in [1.29, 1.82) is 0 Å². The minimum atomic E-state index is 0.293. The summed E-state index contributed by atoms with van der Waals surface area (Å²) < 4.78 is 0. The number of nitrogens with zero attached hydrogens (tertiary/aromatic N) is 1. The minimum Gasteiger partial charge on any atom is -0.298 e. The van der Waals surface area contributed by atoms with Crippen LogP contribution in [0.5, 0.6) is 0 Å². The van der Waals surface area contributed by atoms with Crippen molar-refractivity contribution in [1.82, 2.24) is 4.90 Å². The Morgan fingerprint density at radius 3 is 2.80 bits per heavy atom. The van der Waals surface area contributed by atoms with E-state index in [1.54, 1.807) is 0 Å². The highest BCUT2D eigenvalue weighted by Gasteiger charge is 2.34. The lowest BCUT2D eigenvalue weighted by molar-refractivity contribution is -0.123. The summed E-state index contributed by atoms with van der Waals surface area (Å²) in [7, 11) is 0. The number of hydrogen-bond acceptors (Lipinski definition) is 2. The van der Waals surface area contributed by atoms with E-state index in [1.165, 1.54) is 38.6 Å². The molecule has 2 fully saturated rings. The summed E-state index contributed by atoms with van der Waals surface area (Å²) in [5, 5.41) is 0. The maximum Gasteiger partial charge on any atom is 0.149 e. The number of hydrogen-bond donors (Lipinski definition) is 0. The van der Waals surface area contributed by atoms with E-state index < -0.39 is 0 Å². The quantitative estimate of drug-likeness (QED) is 0.712. The molecular formula is C13H23NO. The Labute approximate surface area is 93.0 Å². The Kier molecular flexibility index (Phi) is 3.79. The molecule has 0 bridgehead atoms. The molecule has 1 saturated carbocycles. The van der Waals surface area contributed by atoms with Gasteiger partial charge in [-0.25, -0.2) is 0 Å². The average molecular weight is 209 g/mol. The lowest BCUT2D eigenvalue weighted by Gasteiger charge is -2.39. The van der Waals surface area contributed by atoms with Gasteiger partial charge in [0, 0.05) is 12.5 Å². The van der Waals surface area contributed by atoms with E-state index in [-0.39, 0.29) is 0 Å². The van der Waals surface area contributed by atoms with Crippen LogP contribution < -0.4 is 0 Å². The highest BCUT2D eigenvalue weighted by atomic mass is 16.1. The molecule has 0 spiro atoms. The fourth-order valence-electron chi connectivity index (χ4n) is 3.22. The topological polar surface area (TPSA) is 20.3 Å². The molecule has 0 aromatic heterocycles. The Morgan fingerprint density at radius 1 is 1.27 bits per heavy atom. The van der Waals surface area contributed by atoms with Gasteiger partial charge in [0.1, 0.15) is 5.78 Å². The zero-order valence-electron chi connectivity index (χ0n) is 9.87. The van der Waals surface area contributed by atoms with Crippen molar-refractivity contribution in [2.75, 3.05) is 6.54 Å². The van der Waals surface area contributed by atoms with Crippen LogP contribution in [0.25, 0.3) is 0 Å². The number of ketones is 1. The van der Waals surface area contributed by atoms with Crippen LogP contribution in [-0.4, -0.2) is 29.3 Å². The van der Waals surface area contributed by atoms with E-state index in [1.807, 2.05) is 0 Å². The zero-order chi connectivity index (χ0) is 10.7.